The van der Waals surface area contributed by atoms with Crippen LogP contribution in [0.25, 0.3) is 0 Å². The number of hydrogen-bond acceptors (Lipinski definition) is 4. The maximum absolute atomic E-state index is 5.52. The van der Waals surface area contributed by atoms with Gasteiger partial charge < -0.3 is 14.6 Å². The summed E-state index contributed by atoms with van der Waals surface area (Å²) >= 11 is 0. The highest BCUT2D eigenvalue weighted by Gasteiger charge is 2.23. The lowest BCUT2D eigenvalue weighted by atomic mass is 10.2. The fourth-order valence-corrected chi connectivity index (χ4v) is 2.17. The Morgan fingerprint density at radius 2 is 2.38 bits per heavy atom. The van der Waals surface area contributed by atoms with Gasteiger partial charge in [-0.2, -0.15) is 4.98 Å². The Labute approximate surface area is 96.0 Å². The average molecular weight is 221 g/mol. The van der Waals surface area contributed by atoms with Gasteiger partial charge in [0.15, 0.2) is 0 Å². The topological polar surface area (TPSA) is 41.3 Å². The molecule has 1 N–H and O–H groups in total. The minimum absolute atomic E-state index is 0.729. The molecule has 1 aliphatic carbocycles. The second kappa shape index (κ2) is 4.09. The zero-order valence-electron chi connectivity index (χ0n) is 9.78. The predicted molar refractivity (Wildman–Crippen MR) is 62.4 cm³/mol. The molecule has 1 aromatic rings. The molecular formula is C12H19N3O. The second-order valence-electron chi connectivity index (χ2n) is 5.12. The largest absolute Gasteiger partial charge is 0.432 e. The number of nitrogens with one attached hydrogen (secondary N) is 1. The van der Waals surface area contributed by atoms with Gasteiger partial charge >= 0.3 is 0 Å². The SMILES string of the molecule is CC1CCN(c2nc(CNC3CC3)co2)C1. The Kier molecular flexibility index (Phi) is 2.59. The first-order valence-electron chi connectivity index (χ1n) is 6.24. The van der Waals surface area contributed by atoms with E-state index in [1.165, 1.54) is 19.3 Å². The average Bonchev–Trinajstić information content (AvgIpc) is 2.81. The number of oxazole rings is 1. The van der Waals surface area contributed by atoms with Crippen LogP contribution in [0.2, 0.25) is 0 Å². The zero-order valence-corrected chi connectivity index (χ0v) is 9.78. The Morgan fingerprint density at radius 1 is 1.50 bits per heavy atom. The van der Waals surface area contributed by atoms with Crippen LogP contribution in [-0.4, -0.2) is 24.1 Å². The molecule has 1 saturated heterocycles. The molecule has 2 fully saturated rings. The molecule has 3 rings (SSSR count). The van der Waals surface area contributed by atoms with Crippen molar-refractivity contribution in [1.82, 2.24) is 10.3 Å². The monoisotopic (exact) mass is 221 g/mol. The van der Waals surface area contributed by atoms with E-state index in [9.17, 15) is 0 Å². The molecule has 4 heteroatoms. The lowest BCUT2D eigenvalue weighted by molar-refractivity contribution is 0.541. The van der Waals surface area contributed by atoms with Crippen molar-refractivity contribution in [1.29, 1.82) is 0 Å². The summed E-state index contributed by atoms with van der Waals surface area (Å²) in [5.74, 6) is 0.764. The third-order valence-corrected chi connectivity index (χ3v) is 3.38. The van der Waals surface area contributed by atoms with Gasteiger partial charge in [-0.15, -0.1) is 0 Å². The van der Waals surface area contributed by atoms with Gasteiger partial charge in [-0.25, -0.2) is 0 Å². The number of hydrogen-bond donors (Lipinski definition) is 1. The summed E-state index contributed by atoms with van der Waals surface area (Å²) < 4.78 is 5.52. The van der Waals surface area contributed by atoms with Crippen molar-refractivity contribution < 1.29 is 4.42 Å². The first kappa shape index (κ1) is 10.1. The van der Waals surface area contributed by atoms with Gasteiger partial charge in [-0.05, 0) is 25.2 Å². The molecule has 4 nitrogen and oxygen atoms in total. The van der Waals surface area contributed by atoms with Crippen molar-refractivity contribution in [2.45, 2.75) is 38.8 Å². The highest BCUT2D eigenvalue weighted by atomic mass is 16.4. The molecule has 0 aromatic carbocycles. The summed E-state index contributed by atoms with van der Waals surface area (Å²) in [5, 5.41) is 3.44. The Morgan fingerprint density at radius 3 is 3.06 bits per heavy atom. The van der Waals surface area contributed by atoms with E-state index in [0.717, 1.165) is 43.3 Å². The van der Waals surface area contributed by atoms with E-state index in [2.05, 4.69) is 22.1 Å². The molecule has 0 spiro atoms. The molecule has 2 aliphatic rings. The number of aromatic nitrogens is 1. The summed E-state index contributed by atoms with van der Waals surface area (Å²) in [6.07, 6.45) is 5.66. The van der Waals surface area contributed by atoms with E-state index in [1.54, 1.807) is 6.26 Å². The van der Waals surface area contributed by atoms with Crippen LogP contribution in [0.15, 0.2) is 10.7 Å². The Hall–Kier alpha value is -1.03. The molecule has 1 aliphatic heterocycles. The summed E-state index contributed by atoms with van der Waals surface area (Å²) in [6.45, 7) is 5.28. The van der Waals surface area contributed by atoms with Crippen LogP contribution < -0.4 is 10.2 Å². The van der Waals surface area contributed by atoms with E-state index < -0.39 is 0 Å². The summed E-state index contributed by atoms with van der Waals surface area (Å²) in [7, 11) is 0. The number of rotatable bonds is 4. The molecule has 0 bridgehead atoms. The van der Waals surface area contributed by atoms with Gasteiger partial charge in [0, 0.05) is 25.7 Å². The van der Waals surface area contributed by atoms with Gasteiger partial charge in [-0.3, -0.25) is 0 Å². The Bertz CT molecular complexity index is 359. The predicted octanol–water partition coefficient (Wildman–Crippen LogP) is 1.77. The third-order valence-electron chi connectivity index (χ3n) is 3.38. The molecule has 1 unspecified atom stereocenters. The molecule has 88 valence electrons. The van der Waals surface area contributed by atoms with E-state index in [1.807, 2.05) is 0 Å². The zero-order chi connectivity index (χ0) is 11.0. The van der Waals surface area contributed by atoms with Crippen molar-refractivity contribution >= 4 is 6.01 Å². The van der Waals surface area contributed by atoms with Crippen molar-refractivity contribution in [2.75, 3.05) is 18.0 Å². The highest BCUT2D eigenvalue weighted by Crippen LogP contribution is 2.23. The maximum atomic E-state index is 5.52. The van der Waals surface area contributed by atoms with E-state index in [-0.39, 0.29) is 0 Å². The smallest absolute Gasteiger partial charge is 0.297 e. The van der Waals surface area contributed by atoms with Crippen molar-refractivity contribution in [3.63, 3.8) is 0 Å². The van der Waals surface area contributed by atoms with Gasteiger partial charge in [-0.1, -0.05) is 6.92 Å². The van der Waals surface area contributed by atoms with Gasteiger partial charge in [0.25, 0.3) is 6.01 Å². The molecular weight excluding hydrogens is 202 g/mol. The molecule has 1 aromatic heterocycles. The van der Waals surface area contributed by atoms with Crippen LogP contribution in [0.4, 0.5) is 6.01 Å². The lowest BCUT2D eigenvalue weighted by Gasteiger charge is -2.11. The lowest BCUT2D eigenvalue weighted by Crippen LogP contribution is -2.20. The van der Waals surface area contributed by atoms with Crippen LogP contribution in [0.1, 0.15) is 31.9 Å². The fourth-order valence-electron chi connectivity index (χ4n) is 2.17. The fraction of sp³-hybridized carbons (Fsp3) is 0.750. The normalized spacial score (nSPS) is 25.3. The van der Waals surface area contributed by atoms with Crippen molar-refractivity contribution in [3.8, 4) is 0 Å². The van der Waals surface area contributed by atoms with Crippen LogP contribution in [0.3, 0.4) is 0 Å². The summed E-state index contributed by atoms with van der Waals surface area (Å²) in [6, 6.07) is 1.53. The number of anilines is 1. The minimum atomic E-state index is 0.729. The highest BCUT2D eigenvalue weighted by molar-refractivity contribution is 5.28. The van der Waals surface area contributed by atoms with E-state index >= 15 is 0 Å². The number of nitrogens with zero attached hydrogens (tertiary/aromatic N) is 2. The van der Waals surface area contributed by atoms with Crippen LogP contribution in [0, 0.1) is 5.92 Å². The molecule has 1 atom stereocenters. The van der Waals surface area contributed by atoms with Crippen molar-refractivity contribution in [2.24, 2.45) is 5.92 Å². The molecule has 0 radical (unpaired) electrons. The first-order chi connectivity index (χ1) is 7.81. The van der Waals surface area contributed by atoms with Crippen LogP contribution in [-0.2, 0) is 6.54 Å². The van der Waals surface area contributed by atoms with Gasteiger partial charge in [0.1, 0.15) is 6.26 Å². The van der Waals surface area contributed by atoms with Gasteiger partial charge in [0.05, 0.1) is 5.69 Å². The van der Waals surface area contributed by atoms with E-state index in [0.29, 0.717) is 0 Å². The quantitative estimate of drug-likeness (QED) is 0.841. The summed E-state index contributed by atoms with van der Waals surface area (Å²) in [4.78, 5) is 6.76. The maximum Gasteiger partial charge on any atom is 0.297 e. The van der Waals surface area contributed by atoms with Crippen LogP contribution >= 0.6 is 0 Å². The van der Waals surface area contributed by atoms with E-state index in [4.69, 9.17) is 4.42 Å². The van der Waals surface area contributed by atoms with Crippen molar-refractivity contribution in [3.05, 3.63) is 12.0 Å². The standard InChI is InChI=1S/C12H19N3O/c1-9-4-5-15(7-9)12-14-11(8-16-12)6-13-10-2-3-10/h8-10,13H,2-7H2,1H3. The molecule has 1 saturated carbocycles. The third kappa shape index (κ3) is 2.21. The van der Waals surface area contributed by atoms with Crippen LogP contribution in [0.5, 0.6) is 0 Å². The minimum Gasteiger partial charge on any atom is -0.432 e. The Balaban J connectivity index is 1.58. The molecule has 2 heterocycles. The summed E-state index contributed by atoms with van der Waals surface area (Å²) in [5.41, 5.74) is 1.03. The molecule has 16 heavy (non-hydrogen) atoms. The van der Waals surface area contributed by atoms with Gasteiger partial charge in [0.2, 0.25) is 0 Å². The first-order valence-corrected chi connectivity index (χ1v) is 6.24. The molecule has 0 amide bonds. The second-order valence-corrected chi connectivity index (χ2v) is 5.12.